The first kappa shape index (κ1) is 7.53. The van der Waals surface area contributed by atoms with Gasteiger partial charge in [-0.1, -0.05) is 6.92 Å². The van der Waals surface area contributed by atoms with E-state index >= 15 is 0 Å². The summed E-state index contributed by atoms with van der Waals surface area (Å²) < 4.78 is 0. The van der Waals surface area contributed by atoms with Crippen LogP contribution in [0.1, 0.15) is 30.8 Å². The van der Waals surface area contributed by atoms with E-state index in [9.17, 15) is 4.79 Å². The smallest absolute Gasteiger partial charge is 0.251 e. The third-order valence-electron chi connectivity index (χ3n) is 2.35. The Labute approximate surface area is 70.9 Å². The molecule has 1 aliphatic rings. The Morgan fingerprint density at radius 2 is 2.33 bits per heavy atom. The third kappa shape index (κ3) is 1.26. The van der Waals surface area contributed by atoms with E-state index in [0.717, 1.165) is 17.9 Å². The molecular weight excluding hydrogens is 152 g/mol. The Kier molecular flexibility index (Phi) is 1.53. The summed E-state index contributed by atoms with van der Waals surface area (Å²) in [6.07, 6.45) is 1.16. The predicted octanol–water partition coefficient (Wildman–Crippen LogP) is 1.20. The second-order valence-electron chi connectivity index (χ2n) is 3.59. The van der Waals surface area contributed by atoms with Gasteiger partial charge in [-0.05, 0) is 19.3 Å². The van der Waals surface area contributed by atoms with Crippen LogP contribution in [0.15, 0.2) is 10.9 Å². The number of aromatic amines is 1. The quantitative estimate of drug-likeness (QED) is 0.678. The molecule has 1 aliphatic carbocycles. The summed E-state index contributed by atoms with van der Waals surface area (Å²) in [6.45, 7) is 4.03. The van der Waals surface area contributed by atoms with Crippen molar-refractivity contribution >= 4 is 0 Å². The van der Waals surface area contributed by atoms with Crippen molar-refractivity contribution in [2.75, 3.05) is 0 Å². The van der Waals surface area contributed by atoms with Crippen molar-refractivity contribution in [3.05, 3.63) is 27.9 Å². The molecule has 1 saturated carbocycles. The van der Waals surface area contributed by atoms with Crippen molar-refractivity contribution in [1.29, 1.82) is 0 Å². The first-order chi connectivity index (χ1) is 5.66. The molecule has 64 valence electrons. The normalized spacial score (nSPS) is 27.2. The number of rotatable bonds is 1. The van der Waals surface area contributed by atoms with Gasteiger partial charge < -0.3 is 4.98 Å². The highest BCUT2D eigenvalue weighted by atomic mass is 16.1. The molecule has 0 saturated heterocycles. The zero-order valence-electron chi connectivity index (χ0n) is 7.29. The number of H-pyrrole nitrogens is 1. The number of hydrogen-bond donors (Lipinski definition) is 1. The first-order valence-corrected chi connectivity index (χ1v) is 4.24. The van der Waals surface area contributed by atoms with Crippen LogP contribution < -0.4 is 5.56 Å². The second-order valence-corrected chi connectivity index (χ2v) is 3.59. The number of aromatic nitrogens is 2. The fourth-order valence-electron chi connectivity index (χ4n) is 1.48. The molecular formula is C9H12N2O. The van der Waals surface area contributed by atoms with Crippen molar-refractivity contribution in [2.24, 2.45) is 5.92 Å². The highest BCUT2D eigenvalue weighted by Crippen LogP contribution is 2.44. The molecule has 3 nitrogen and oxygen atoms in total. The Hall–Kier alpha value is -1.12. The molecule has 0 amide bonds. The molecule has 3 heteroatoms. The summed E-state index contributed by atoms with van der Waals surface area (Å²) in [5.41, 5.74) is 0.782. The standard InChI is InChI=1S/C9H12N2O/c1-5-3-7(5)9-10-6(2)4-8(12)11-9/h4-5,7H,3H2,1-2H3,(H,10,11,12). The highest BCUT2D eigenvalue weighted by molar-refractivity contribution is 5.11. The SMILES string of the molecule is Cc1cc(=O)[nH]c(C2CC2C)n1. The second kappa shape index (κ2) is 2.44. The van der Waals surface area contributed by atoms with Gasteiger partial charge in [-0.15, -0.1) is 0 Å². The van der Waals surface area contributed by atoms with E-state index in [4.69, 9.17) is 0 Å². The Bertz CT molecular complexity index is 356. The third-order valence-corrected chi connectivity index (χ3v) is 2.35. The van der Waals surface area contributed by atoms with E-state index in [0.29, 0.717) is 11.8 Å². The molecule has 0 spiro atoms. The summed E-state index contributed by atoms with van der Waals surface area (Å²) in [7, 11) is 0. The highest BCUT2D eigenvalue weighted by Gasteiger charge is 2.36. The van der Waals surface area contributed by atoms with Gasteiger partial charge in [0, 0.05) is 17.7 Å². The maximum atomic E-state index is 11.1. The van der Waals surface area contributed by atoms with E-state index in [1.807, 2.05) is 6.92 Å². The van der Waals surface area contributed by atoms with Crippen LogP contribution in [0.3, 0.4) is 0 Å². The fraction of sp³-hybridized carbons (Fsp3) is 0.556. The molecule has 0 aromatic carbocycles. The lowest BCUT2D eigenvalue weighted by Crippen LogP contribution is -2.10. The monoisotopic (exact) mass is 164 g/mol. The molecule has 0 bridgehead atoms. The zero-order valence-corrected chi connectivity index (χ0v) is 7.29. The predicted molar refractivity (Wildman–Crippen MR) is 46.1 cm³/mol. The first-order valence-electron chi connectivity index (χ1n) is 4.24. The van der Waals surface area contributed by atoms with Gasteiger partial charge >= 0.3 is 0 Å². The molecule has 2 atom stereocenters. The van der Waals surface area contributed by atoms with Crippen molar-refractivity contribution in [2.45, 2.75) is 26.2 Å². The molecule has 1 heterocycles. The summed E-state index contributed by atoms with van der Waals surface area (Å²) in [6, 6.07) is 1.52. The minimum atomic E-state index is -0.0309. The van der Waals surface area contributed by atoms with Gasteiger partial charge in [0.1, 0.15) is 5.82 Å². The van der Waals surface area contributed by atoms with E-state index < -0.39 is 0 Å². The lowest BCUT2D eigenvalue weighted by atomic mass is 10.3. The van der Waals surface area contributed by atoms with Crippen molar-refractivity contribution in [3.8, 4) is 0 Å². The van der Waals surface area contributed by atoms with E-state index in [2.05, 4.69) is 16.9 Å². The number of aryl methyl sites for hydroxylation is 1. The van der Waals surface area contributed by atoms with Crippen LogP contribution in [-0.4, -0.2) is 9.97 Å². The van der Waals surface area contributed by atoms with Gasteiger partial charge in [0.25, 0.3) is 5.56 Å². The summed E-state index contributed by atoms with van der Waals surface area (Å²) in [4.78, 5) is 18.1. The summed E-state index contributed by atoms with van der Waals surface area (Å²) >= 11 is 0. The maximum absolute atomic E-state index is 11.1. The van der Waals surface area contributed by atoms with Crippen LogP contribution in [-0.2, 0) is 0 Å². The molecule has 2 rings (SSSR count). The summed E-state index contributed by atoms with van der Waals surface area (Å²) in [5, 5.41) is 0. The maximum Gasteiger partial charge on any atom is 0.251 e. The van der Waals surface area contributed by atoms with E-state index in [1.165, 1.54) is 6.07 Å². The van der Waals surface area contributed by atoms with Crippen molar-refractivity contribution in [1.82, 2.24) is 9.97 Å². The molecule has 1 N–H and O–H groups in total. The van der Waals surface area contributed by atoms with Crippen molar-refractivity contribution in [3.63, 3.8) is 0 Å². The molecule has 0 aliphatic heterocycles. The van der Waals surface area contributed by atoms with Gasteiger partial charge in [0.2, 0.25) is 0 Å². The van der Waals surface area contributed by atoms with Crippen LogP contribution >= 0.6 is 0 Å². The van der Waals surface area contributed by atoms with Crippen LogP contribution in [0.2, 0.25) is 0 Å². The van der Waals surface area contributed by atoms with Crippen LogP contribution in [0.5, 0.6) is 0 Å². The Morgan fingerprint density at radius 3 is 2.83 bits per heavy atom. The van der Waals surface area contributed by atoms with E-state index in [-0.39, 0.29) is 5.56 Å². The Balaban J connectivity index is 2.39. The van der Waals surface area contributed by atoms with Gasteiger partial charge in [-0.3, -0.25) is 4.79 Å². The van der Waals surface area contributed by atoms with Gasteiger partial charge in [-0.25, -0.2) is 4.98 Å². The minimum Gasteiger partial charge on any atom is -0.310 e. The minimum absolute atomic E-state index is 0.0309. The number of hydrogen-bond acceptors (Lipinski definition) is 2. The van der Waals surface area contributed by atoms with Crippen LogP contribution in [0.4, 0.5) is 0 Å². The molecule has 12 heavy (non-hydrogen) atoms. The average Bonchev–Trinajstić information content (AvgIpc) is 2.64. The molecule has 2 unspecified atom stereocenters. The average molecular weight is 164 g/mol. The summed E-state index contributed by atoms with van der Waals surface area (Å²) in [5.74, 6) is 2.06. The fourth-order valence-corrected chi connectivity index (χ4v) is 1.48. The van der Waals surface area contributed by atoms with Gasteiger partial charge in [0.05, 0.1) is 0 Å². The van der Waals surface area contributed by atoms with Gasteiger partial charge in [0.15, 0.2) is 0 Å². The zero-order chi connectivity index (χ0) is 8.72. The largest absolute Gasteiger partial charge is 0.310 e. The molecule has 0 radical (unpaired) electrons. The van der Waals surface area contributed by atoms with Gasteiger partial charge in [-0.2, -0.15) is 0 Å². The molecule has 1 fully saturated rings. The topological polar surface area (TPSA) is 45.8 Å². The molecule has 1 aromatic rings. The number of nitrogens with zero attached hydrogens (tertiary/aromatic N) is 1. The van der Waals surface area contributed by atoms with Crippen LogP contribution in [0, 0.1) is 12.8 Å². The van der Waals surface area contributed by atoms with E-state index in [1.54, 1.807) is 0 Å². The lowest BCUT2D eigenvalue weighted by molar-refractivity contribution is 0.823. The number of nitrogens with one attached hydrogen (secondary N) is 1. The van der Waals surface area contributed by atoms with Crippen LogP contribution in [0.25, 0.3) is 0 Å². The lowest BCUT2D eigenvalue weighted by Gasteiger charge is -1.97. The Morgan fingerprint density at radius 1 is 1.67 bits per heavy atom. The molecule has 1 aromatic heterocycles. The van der Waals surface area contributed by atoms with Crippen molar-refractivity contribution < 1.29 is 0 Å².